The van der Waals surface area contributed by atoms with Crippen LogP contribution in [0.5, 0.6) is 0 Å². The van der Waals surface area contributed by atoms with Gasteiger partial charge in [0.15, 0.2) is 10.7 Å². The predicted octanol–water partition coefficient (Wildman–Crippen LogP) is 2.55. The number of nitrogens with one attached hydrogen (secondary N) is 3. The second kappa shape index (κ2) is 9.22. The number of aromatic nitrogens is 2. The number of thiazole rings is 1. The van der Waals surface area contributed by atoms with Gasteiger partial charge in [-0.2, -0.15) is 0 Å². The zero-order valence-corrected chi connectivity index (χ0v) is 19.6. The van der Waals surface area contributed by atoms with Crippen LogP contribution in [-0.2, 0) is 17.6 Å². The highest BCUT2D eigenvalue weighted by Gasteiger charge is 2.29. The fourth-order valence-corrected chi connectivity index (χ4v) is 4.53. The Kier molecular flexibility index (Phi) is 6.37. The van der Waals surface area contributed by atoms with Crippen LogP contribution in [0.15, 0.2) is 35.8 Å². The SMILES string of the molecule is CC(C)(C)OC(=O)NCCNC(=O)c1nc2sccn2c1C(=O)NC1Cc2ccccc2C1. The van der Waals surface area contributed by atoms with Crippen molar-refractivity contribution in [2.75, 3.05) is 13.1 Å². The van der Waals surface area contributed by atoms with Crippen molar-refractivity contribution in [2.24, 2.45) is 0 Å². The monoisotopic (exact) mass is 469 g/mol. The number of carbonyl (C=O) groups is 3. The van der Waals surface area contributed by atoms with E-state index < -0.39 is 17.6 Å². The van der Waals surface area contributed by atoms with E-state index in [9.17, 15) is 14.4 Å². The predicted molar refractivity (Wildman–Crippen MR) is 125 cm³/mol. The van der Waals surface area contributed by atoms with Crippen molar-refractivity contribution < 1.29 is 19.1 Å². The molecule has 1 aliphatic rings. The van der Waals surface area contributed by atoms with E-state index in [1.54, 1.807) is 31.4 Å². The fourth-order valence-electron chi connectivity index (χ4n) is 3.81. The summed E-state index contributed by atoms with van der Waals surface area (Å²) in [4.78, 5) is 42.7. The minimum atomic E-state index is -0.599. The topological polar surface area (TPSA) is 114 Å². The van der Waals surface area contributed by atoms with Gasteiger partial charge in [0.25, 0.3) is 11.8 Å². The minimum absolute atomic E-state index is 0.0342. The molecule has 2 heterocycles. The molecule has 0 bridgehead atoms. The van der Waals surface area contributed by atoms with E-state index in [0.29, 0.717) is 4.96 Å². The quantitative estimate of drug-likeness (QED) is 0.480. The molecule has 0 radical (unpaired) electrons. The molecule has 1 aromatic carbocycles. The average Bonchev–Trinajstić information content (AvgIpc) is 3.42. The largest absolute Gasteiger partial charge is 0.444 e. The first-order valence-corrected chi connectivity index (χ1v) is 11.7. The smallest absolute Gasteiger partial charge is 0.407 e. The van der Waals surface area contributed by atoms with E-state index in [-0.39, 0.29) is 36.4 Å². The number of nitrogens with zero attached hydrogens (tertiary/aromatic N) is 2. The van der Waals surface area contributed by atoms with Gasteiger partial charge in [-0.25, -0.2) is 9.78 Å². The Morgan fingerprint density at radius 1 is 1.09 bits per heavy atom. The molecule has 0 aliphatic heterocycles. The van der Waals surface area contributed by atoms with Gasteiger partial charge in [-0.15, -0.1) is 11.3 Å². The van der Waals surface area contributed by atoms with Crippen LogP contribution in [-0.4, -0.2) is 52.0 Å². The molecule has 33 heavy (non-hydrogen) atoms. The highest BCUT2D eigenvalue weighted by atomic mass is 32.1. The van der Waals surface area contributed by atoms with Crippen molar-refractivity contribution in [3.8, 4) is 0 Å². The van der Waals surface area contributed by atoms with Crippen molar-refractivity contribution in [2.45, 2.75) is 45.3 Å². The molecular weight excluding hydrogens is 442 g/mol. The van der Waals surface area contributed by atoms with Gasteiger partial charge >= 0.3 is 6.09 Å². The molecule has 3 N–H and O–H groups in total. The number of fused-ring (bicyclic) bond motifs is 2. The van der Waals surface area contributed by atoms with Crippen LogP contribution in [0, 0.1) is 0 Å². The third-order valence-electron chi connectivity index (χ3n) is 5.16. The normalized spacial score (nSPS) is 13.5. The van der Waals surface area contributed by atoms with Crippen LogP contribution in [0.25, 0.3) is 4.96 Å². The molecule has 0 saturated heterocycles. The van der Waals surface area contributed by atoms with Crippen LogP contribution in [0.3, 0.4) is 0 Å². The van der Waals surface area contributed by atoms with Gasteiger partial charge in [0, 0.05) is 30.7 Å². The van der Waals surface area contributed by atoms with Crippen LogP contribution >= 0.6 is 11.3 Å². The van der Waals surface area contributed by atoms with Gasteiger partial charge in [0.2, 0.25) is 0 Å². The number of alkyl carbamates (subject to hydrolysis) is 1. The van der Waals surface area contributed by atoms with E-state index >= 15 is 0 Å². The van der Waals surface area contributed by atoms with Gasteiger partial charge in [-0.3, -0.25) is 14.0 Å². The lowest BCUT2D eigenvalue weighted by molar-refractivity contribution is 0.0526. The summed E-state index contributed by atoms with van der Waals surface area (Å²) in [6, 6.07) is 8.10. The van der Waals surface area contributed by atoms with E-state index in [1.165, 1.54) is 22.5 Å². The molecule has 2 aromatic heterocycles. The highest BCUT2D eigenvalue weighted by molar-refractivity contribution is 7.15. The molecule has 0 atom stereocenters. The first-order chi connectivity index (χ1) is 15.7. The van der Waals surface area contributed by atoms with Gasteiger partial charge in [0.1, 0.15) is 11.3 Å². The number of hydrogen-bond acceptors (Lipinski definition) is 6. The summed E-state index contributed by atoms with van der Waals surface area (Å²) in [5.74, 6) is -0.813. The number of benzene rings is 1. The molecular formula is C23H27N5O4S. The van der Waals surface area contributed by atoms with Crippen molar-refractivity contribution in [3.63, 3.8) is 0 Å². The van der Waals surface area contributed by atoms with E-state index in [2.05, 4.69) is 33.1 Å². The molecule has 1 aliphatic carbocycles. The second-order valence-corrected chi connectivity index (χ2v) is 9.77. The standard InChI is InChI=1S/C23H27N5O4S/c1-23(2,3)32-22(31)25-9-8-24-19(29)17-18(28-10-11-33-21(28)27-17)20(30)26-16-12-14-6-4-5-7-15(14)13-16/h4-7,10-11,16H,8-9,12-13H2,1-3H3,(H,24,29)(H,25,31)(H,26,30). The Bertz CT molecular complexity index is 1170. The first kappa shape index (κ1) is 22.8. The zero-order chi connectivity index (χ0) is 23.6. The summed E-state index contributed by atoms with van der Waals surface area (Å²) >= 11 is 1.35. The lowest BCUT2D eigenvalue weighted by Gasteiger charge is -2.19. The van der Waals surface area contributed by atoms with Gasteiger partial charge in [0.05, 0.1) is 0 Å². The Morgan fingerprint density at radius 2 is 1.76 bits per heavy atom. The van der Waals surface area contributed by atoms with Crippen LogP contribution in [0.4, 0.5) is 4.79 Å². The molecule has 0 spiro atoms. The maximum absolute atomic E-state index is 13.2. The summed E-state index contributed by atoms with van der Waals surface area (Å²) in [5, 5.41) is 10.2. The molecule has 0 saturated carbocycles. The fraction of sp³-hybridized carbons (Fsp3) is 0.391. The Hall–Kier alpha value is -3.40. The van der Waals surface area contributed by atoms with Gasteiger partial charge in [-0.1, -0.05) is 24.3 Å². The van der Waals surface area contributed by atoms with Crippen molar-refractivity contribution in [1.29, 1.82) is 0 Å². The lowest BCUT2D eigenvalue weighted by atomic mass is 10.1. The number of amides is 3. The molecule has 0 unspecified atom stereocenters. The number of carbonyl (C=O) groups excluding carboxylic acids is 3. The van der Waals surface area contributed by atoms with Crippen LogP contribution in [0.2, 0.25) is 0 Å². The number of ether oxygens (including phenoxy) is 1. The van der Waals surface area contributed by atoms with E-state index in [1.807, 2.05) is 17.5 Å². The number of rotatable bonds is 6. The molecule has 0 fully saturated rings. The summed E-state index contributed by atoms with van der Waals surface area (Å²) in [5.41, 5.74) is 2.13. The second-order valence-electron chi connectivity index (χ2n) is 8.90. The lowest BCUT2D eigenvalue weighted by Crippen LogP contribution is -2.39. The molecule has 3 amide bonds. The third kappa shape index (κ3) is 5.33. The van der Waals surface area contributed by atoms with Crippen molar-refractivity contribution in [3.05, 3.63) is 58.4 Å². The summed E-state index contributed by atoms with van der Waals surface area (Å²) in [6.45, 7) is 5.67. The molecule has 3 aromatic rings. The first-order valence-electron chi connectivity index (χ1n) is 10.8. The average molecular weight is 470 g/mol. The Morgan fingerprint density at radius 3 is 2.42 bits per heavy atom. The summed E-state index contributed by atoms with van der Waals surface area (Å²) in [7, 11) is 0. The number of imidazole rings is 1. The van der Waals surface area contributed by atoms with E-state index in [0.717, 1.165) is 12.8 Å². The van der Waals surface area contributed by atoms with E-state index in [4.69, 9.17) is 4.74 Å². The Labute approximate surface area is 195 Å². The van der Waals surface area contributed by atoms with Crippen molar-refractivity contribution in [1.82, 2.24) is 25.3 Å². The molecule has 9 nitrogen and oxygen atoms in total. The maximum Gasteiger partial charge on any atom is 0.407 e. The van der Waals surface area contributed by atoms with Crippen molar-refractivity contribution >= 4 is 34.2 Å². The van der Waals surface area contributed by atoms with Gasteiger partial charge in [-0.05, 0) is 44.7 Å². The maximum atomic E-state index is 13.2. The van der Waals surface area contributed by atoms with Crippen LogP contribution < -0.4 is 16.0 Å². The molecule has 4 rings (SSSR count). The Balaban J connectivity index is 1.39. The summed E-state index contributed by atoms with van der Waals surface area (Å²) < 4.78 is 6.80. The molecule has 174 valence electrons. The highest BCUT2D eigenvalue weighted by Crippen LogP contribution is 2.23. The zero-order valence-electron chi connectivity index (χ0n) is 18.8. The van der Waals surface area contributed by atoms with Gasteiger partial charge < -0.3 is 20.7 Å². The summed E-state index contributed by atoms with van der Waals surface area (Å²) in [6.07, 6.45) is 2.68. The number of hydrogen-bond donors (Lipinski definition) is 3. The van der Waals surface area contributed by atoms with Crippen LogP contribution in [0.1, 0.15) is 52.9 Å². The molecule has 10 heteroatoms. The third-order valence-corrected chi connectivity index (χ3v) is 5.91. The minimum Gasteiger partial charge on any atom is -0.444 e.